The minimum atomic E-state index is 0.412. The lowest BCUT2D eigenvalue weighted by Gasteiger charge is -2.15. The van der Waals surface area contributed by atoms with E-state index in [9.17, 15) is 0 Å². The van der Waals surface area contributed by atoms with Crippen LogP contribution in [-0.4, -0.2) is 15.7 Å². The summed E-state index contributed by atoms with van der Waals surface area (Å²) in [6, 6.07) is 67.7. The van der Waals surface area contributed by atoms with Gasteiger partial charge in [-0.15, -0.1) is 0 Å². The molecule has 0 unspecified atom stereocenters. The third kappa shape index (κ3) is 5.67. The summed E-state index contributed by atoms with van der Waals surface area (Å²) in [5.41, 5.74) is 15.9. The maximum atomic E-state index is 6.53. The molecule has 0 amide bonds. The van der Waals surface area contributed by atoms with Crippen LogP contribution in [0.4, 0.5) is 0 Å². The maximum absolute atomic E-state index is 6.53. The fourth-order valence-corrected chi connectivity index (χ4v) is 8.79. The van der Waals surface area contributed by atoms with Gasteiger partial charge in [0, 0.05) is 32.8 Å². The fraction of sp³-hybridized carbons (Fsp3) is 0.0182. The van der Waals surface area contributed by atoms with Crippen LogP contribution in [0.25, 0.3) is 93.9 Å². The van der Waals surface area contributed by atoms with Crippen LogP contribution >= 0.6 is 0 Å². The standard InChI is InChI=1S/C55H38N2O/c1-37-15-14-20-44(36-58-55-26-13-10-21-46(37)55)56-51-24-11-8-22-47(51)49-29-27-41(35-54(49)56)40-28-30-53-50(34-40)48-23-9-12-25-52(48)57(53)45-32-42(38-16-4-2-5-17-38)31-43(33-45)39-18-6-3-7-19-39/h2-35H,1,36H2/b15-14-,44-20+. The molecule has 10 aromatic rings. The van der Waals surface area contributed by atoms with Crippen molar-refractivity contribution in [1.29, 1.82) is 0 Å². The molecule has 58 heavy (non-hydrogen) atoms. The molecule has 0 bridgehead atoms. The molecule has 0 N–H and O–H groups in total. The van der Waals surface area contributed by atoms with E-state index in [1.54, 1.807) is 0 Å². The Labute approximate surface area is 337 Å². The number of hydrogen-bond donors (Lipinski definition) is 0. The molecule has 3 heterocycles. The monoisotopic (exact) mass is 742 g/mol. The van der Waals surface area contributed by atoms with Gasteiger partial charge in [-0.25, -0.2) is 0 Å². The predicted octanol–water partition coefficient (Wildman–Crippen LogP) is 14.4. The lowest BCUT2D eigenvalue weighted by Crippen LogP contribution is -2.07. The molecular weight excluding hydrogens is 705 g/mol. The number of allylic oxidation sites excluding steroid dienone is 4. The molecule has 0 aliphatic carbocycles. The number of hydrogen-bond acceptors (Lipinski definition) is 1. The summed E-state index contributed by atoms with van der Waals surface area (Å²) in [6.45, 7) is 4.73. The summed E-state index contributed by atoms with van der Waals surface area (Å²) in [7, 11) is 0. The highest BCUT2D eigenvalue weighted by Gasteiger charge is 2.19. The second-order valence-corrected chi connectivity index (χ2v) is 15.0. The smallest absolute Gasteiger partial charge is 0.129 e. The van der Waals surface area contributed by atoms with Crippen molar-refractivity contribution in [3.05, 3.63) is 218 Å². The van der Waals surface area contributed by atoms with Crippen LogP contribution < -0.4 is 4.74 Å². The summed E-state index contributed by atoms with van der Waals surface area (Å²) in [5, 5.41) is 4.86. The van der Waals surface area contributed by atoms with Crippen LogP contribution in [0.2, 0.25) is 0 Å². The van der Waals surface area contributed by atoms with E-state index in [1.165, 1.54) is 60.4 Å². The molecule has 0 atom stereocenters. The predicted molar refractivity (Wildman–Crippen MR) is 244 cm³/mol. The molecule has 1 aliphatic rings. The molecule has 8 aromatic carbocycles. The maximum Gasteiger partial charge on any atom is 0.129 e. The topological polar surface area (TPSA) is 19.1 Å². The Balaban J connectivity index is 1.07. The van der Waals surface area contributed by atoms with E-state index in [0.717, 1.165) is 44.9 Å². The zero-order valence-corrected chi connectivity index (χ0v) is 31.8. The Morgan fingerprint density at radius 1 is 0.414 bits per heavy atom. The van der Waals surface area contributed by atoms with E-state index in [1.807, 2.05) is 18.2 Å². The van der Waals surface area contributed by atoms with Gasteiger partial charge in [-0.3, -0.25) is 0 Å². The van der Waals surface area contributed by atoms with Crippen LogP contribution in [0, 0.1) is 0 Å². The van der Waals surface area contributed by atoms with Crippen molar-refractivity contribution in [2.45, 2.75) is 0 Å². The number of ether oxygens (including phenoxy) is 1. The molecule has 0 fully saturated rings. The van der Waals surface area contributed by atoms with Crippen LogP contribution in [-0.2, 0) is 0 Å². The van der Waals surface area contributed by atoms with Crippen LogP contribution in [0.3, 0.4) is 0 Å². The van der Waals surface area contributed by atoms with Gasteiger partial charge in [0.15, 0.2) is 0 Å². The first kappa shape index (κ1) is 33.7. The highest BCUT2D eigenvalue weighted by molar-refractivity contribution is 6.13. The van der Waals surface area contributed by atoms with Gasteiger partial charge < -0.3 is 13.9 Å². The molecule has 274 valence electrons. The van der Waals surface area contributed by atoms with Gasteiger partial charge in [-0.1, -0.05) is 152 Å². The minimum absolute atomic E-state index is 0.412. The van der Waals surface area contributed by atoms with Crippen molar-refractivity contribution in [2.24, 2.45) is 0 Å². The fourth-order valence-electron chi connectivity index (χ4n) is 8.79. The first-order valence-electron chi connectivity index (χ1n) is 19.8. The quantitative estimate of drug-likeness (QED) is 0.172. The summed E-state index contributed by atoms with van der Waals surface area (Å²) in [4.78, 5) is 0. The zero-order chi connectivity index (χ0) is 38.6. The second-order valence-electron chi connectivity index (χ2n) is 15.0. The van der Waals surface area contributed by atoms with Gasteiger partial charge in [0.2, 0.25) is 0 Å². The summed E-state index contributed by atoms with van der Waals surface area (Å²) in [6.07, 6.45) is 6.32. The van der Waals surface area contributed by atoms with Gasteiger partial charge in [0.1, 0.15) is 12.4 Å². The lowest BCUT2D eigenvalue weighted by atomic mass is 9.98. The third-order valence-corrected chi connectivity index (χ3v) is 11.6. The lowest BCUT2D eigenvalue weighted by molar-refractivity contribution is 0.364. The van der Waals surface area contributed by atoms with Crippen molar-refractivity contribution in [3.63, 3.8) is 0 Å². The molecule has 0 spiro atoms. The Morgan fingerprint density at radius 3 is 1.72 bits per heavy atom. The van der Waals surface area contributed by atoms with Crippen LogP contribution in [0.1, 0.15) is 5.56 Å². The average molecular weight is 743 g/mol. The van der Waals surface area contributed by atoms with Gasteiger partial charge in [-0.05, 0) is 99.6 Å². The number of rotatable bonds is 5. The van der Waals surface area contributed by atoms with Crippen molar-refractivity contribution < 1.29 is 4.74 Å². The van der Waals surface area contributed by atoms with Gasteiger partial charge in [0.25, 0.3) is 0 Å². The van der Waals surface area contributed by atoms with E-state index in [-0.39, 0.29) is 0 Å². The Kier molecular flexibility index (Phi) is 8.04. The van der Waals surface area contributed by atoms with Crippen LogP contribution in [0.5, 0.6) is 5.75 Å². The molecule has 11 rings (SSSR count). The van der Waals surface area contributed by atoms with E-state index < -0.39 is 0 Å². The number of para-hydroxylation sites is 3. The third-order valence-electron chi connectivity index (χ3n) is 11.6. The summed E-state index contributed by atoms with van der Waals surface area (Å²) < 4.78 is 11.3. The van der Waals surface area contributed by atoms with Gasteiger partial charge in [-0.2, -0.15) is 0 Å². The molecule has 3 heteroatoms. The normalized spacial score (nSPS) is 14.4. The van der Waals surface area contributed by atoms with Crippen LogP contribution in [0.15, 0.2) is 213 Å². The molecule has 2 aromatic heterocycles. The van der Waals surface area contributed by atoms with E-state index >= 15 is 0 Å². The molecular formula is C55H38N2O. The molecule has 0 saturated heterocycles. The minimum Gasteiger partial charge on any atom is -0.487 e. The van der Waals surface area contributed by atoms with Crippen molar-refractivity contribution in [1.82, 2.24) is 9.13 Å². The Morgan fingerprint density at radius 2 is 0.983 bits per heavy atom. The zero-order valence-electron chi connectivity index (χ0n) is 31.8. The first-order chi connectivity index (χ1) is 28.7. The Bertz CT molecular complexity index is 3230. The van der Waals surface area contributed by atoms with E-state index in [0.29, 0.717) is 6.61 Å². The molecule has 3 nitrogen and oxygen atoms in total. The van der Waals surface area contributed by atoms with E-state index in [4.69, 9.17) is 4.74 Å². The summed E-state index contributed by atoms with van der Waals surface area (Å²) >= 11 is 0. The molecule has 0 saturated carbocycles. The highest BCUT2D eigenvalue weighted by atomic mass is 16.5. The Hall–Kier alpha value is -7.62. The van der Waals surface area contributed by atoms with Gasteiger partial charge >= 0.3 is 0 Å². The van der Waals surface area contributed by atoms with Crippen molar-refractivity contribution >= 4 is 54.9 Å². The van der Waals surface area contributed by atoms with Crippen molar-refractivity contribution in [2.75, 3.05) is 6.61 Å². The molecule has 1 aliphatic heterocycles. The largest absolute Gasteiger partial charge is 0.487 e. The SMILES string of the molecule is C=C1/C=C\C=C(\n2c3ccccc3c3ccc(-c4ccc5c(c4)c4ccccc4n5-c4cc(-c5ccccc5)cc(-c5ccccc5)c4)cc32)COc2ccccc21. The van der Waals surface area contributed by atoms with E-state index in [2.05, 4.69) is 204 Å². The number of benzene rings is 8. The summed E-state index contributed by atoms with van der Waals surface area (Å²) in [5.74, 6) is 0.835. The first-order valence-corrected chi connectivity index (χ1v) is 19.8. The molecule has 0 radical (unpaired) electrons. The van der Waals surface area contributed by atoms with Gasteiger partial charge in [0.05, 0.1) is 27.8 Å². The highest BCUT2D eigenvalue weighted by Crippen LogP contribution is 2.40. The van der Waals surface area contributed by atoms with Crippen molar-refractivity contribution in [3.8, 4) is 44.8 Å². The number of nitrogens with zero attached hydrogens (tertiary/aromatic N) is 2. The number of aromatic nitrogens is 2. The second kappa shape index (κ2) is 13.8. The average Bonchev–Trinajstić information content (AvgIpc) is 3.82. The number of fused-ring (bicyclic) bond motifs is 7.